The number of anilines is 1. The van der Waals surface area contributed by atoms with Gasteiger partial charge in [0.2, 0.25) is 0 Å². The minimum absolute atomic E-state index is 0.0164. The van der Waals surface area contributed by atoms with Crippen LogP contribution in [0.15, 0.2) is 35.0 Å². The smallest absolute Gasteiger partial charge is 0.256 e. The summed E-state index contributed by atoms with van der Waals surface area (Å²) in [6, 6.07) is 6.62. The summed E-state index contributed by atoms with van der Waals surface area (Å²) in [5.74, 6) is -0.216. The molecule has 0 radical (unpaired) electrons. The van der Waals surface area contributed by atoms with Gasteiger partial charge in [-0.25, -0.2) is 0 Å². The molecule has 0 aliphatic carbocycles. The van der Waals surface area contributed by atoms with Gasteiger partial charge < -0.3 is 5.32 Å². The van der Waals surface area contributed by atoms with Crippen LogP contribution in [0.4, 0.5) is 5.69 Å². The Morgan fingerprint density at radius 2 is 2.05 bits per heavy atom. The molecule has 1 N–H and O–H groups in total. The minimum atomic E-state index is -0.232. The number of Topliss-reactive ketones (excluding diaryl/α,β-unsaturated/α-hetero) is 1. The summed E-state index contributed by atoms with van der Waals surface area (Å²) in [6.45, 7) is 1.79. The van der Waals surface area contributed by atoms with E-state index < -0.39 is 0 Å². The number of rotatable bonds is 4. The molecule has 0 atom stereocenters. The molecule has 3 nitrogen and oxygen atoms in total. The van der Waals surface area contributed by atoms with Gasteiger partial charge in [0.25, 0.3) is 5.91 Å². The van der Waals surface area contributed by atoms with E-state index in [0.717, 1.165) is 0 Å². The molecule has 5 heteroatoms. The highest BCUT2D eigenvalue weighted by Crippen LogP contribution is 2.24. The molecule has 19 heavy (non-hydrogen) atoms. The number of carbonyl (C=O) groups is 2. The highest BCUT2D eigenvalue weighted by molar-refractivity contribution is 7.08. The molecule has 0 aliphatic heterocycles. The molecule has 0 fully saturated rings. The van der Waals surface area contributed by atoms with Crippen LogP contribution in [-0.2, 0) is 0 Å². The van der Waals surface area contributed by atoms with E-state index in [9.17, 15) is 9.59 Å². The van der Waals surface area contributed by atoms with E-state index >= 15 is 0 Å². The summed E-state index contributed by atoms with van der Waals surface area (Å²) in [4.78, 5) is 23.6. The first-order valence-corrected chi connectivity index (χ1v) is 7.10. The van der Waals surface area contributed by atoms with Gasteiger partial charge in [0.15, 0.2) is 5.78 Å². The van der Waals surface area contributed by atoms with Crippen molar-refractivity contribution in [3.8, 4) is 0 Å². The number of amides is 1. The van der Waals surface area contributed by atoms with E-state index in [-0.39, 0.29) is 11.7 Å². The van der Waals surface area contributed by atoms with Gasteiger partial charge in [0.05, 0.1) is 16.3 Å². The van der Waals surface area contributed by atoms with Crippen molar-refractivity contribution in [1.29, 1.82) is 0 Å². The van der Waals surface area contributed by atoms with Crippen molar-refractivity contribution in [2.45, 2.75) is 13.3 Å². The number of benzene rings is 1. The molecule has 2 rings (SSSR count). The molecule has 1 amide bonds. The predicted molar refractivity (Wildman–Crippen MR) is 78.3 cm³/mol. The molecule has 0 spiro atoms. The van der Waals surface area contributed by atoms with Crippen molar-refractivity contribution in [2.24, 2.45) is 0 Å². The van der Waals surface area contributed by atoms with E-state index in [4.69, 9.17) is 11.6 Å². The Morgan fingerprint density at radius 1 is 1.26 bits per heavy atom. The van der Waals surface area contributed by atoms with Crippen molar-refractivity contribution in [3.63, 3.8) is 0 Å². The molecule has 0 saturated carbocycles. The van der Waals surface area contributed by atoms with Crippen molar-refractivity contribution >= 4 is 40.3 Å². The fourth-order valence-corrected chi connectivity index (χ4v) is 2.39. The average Bonchev–Trinajstić information content (AvgIpc) is 2.94. The Bertz CT molecular complexity index is 608. The van der Waals surface area contributed by atoms with Crippen molar-refractivity contribution in [2.75, 3.05) is 5.32 Å². The van der Waals surface area contributed by atoms with Crippen LogP contribution in [0.2, 0.25) is 5.02 Å². The molecule has 0 bridgehead atoms. The minimum Gasteiger partial charge on any atom is -0.321 e. The van der Waals surface area contributed by atoms with Crippen molar-refractivity contribution < 1.29 is 9.59 Å². The van der Waals surface area contributed by atoms with Crippen LogP contribution in [0.3, 0.4) is 0 Å². The van der Waals surface area contributed by atoms with E-state index in [0.29, 0.717) is 28.3 Å². The number of halogens is 1. The number of ketones is 1. The second kappa shape index (κ2) is 5.99. The summed E-state index contributed by atoms with van der Waals surface area (Å²) >= 11 is 7.47. The molecule has 1 aromatic carbocycles. The van der Waals surface area contributed by atoms with Gasteiger partial charge in [-0.15, -0.1) is 0 Å². The van der Waals surface area contributed by atoms with Crippen LogP contribution in [0, 0.1) is 0 Å². The zero-order valence-corrected chi connectivity index (χ0v) is 11.8. The molecule has 1 aromatic heterocycles. The molecular weight excluding hydrogens is 282 g/mol. The lowest BCUT2D eigenvalue weighted by Crippen LogP contribution is -2.11. The predicted octanol–water partition coefficient (Wildman–Crippen LogP) is 4.25. The van der Waals surface area contributed by atoms with Crippen molar-refractivity contribution in [3.05, 3.63) is 51.2 Å². The standard InChI is InChI=1S/C14H12ClNO2S/c1-2-13(17)9-3-4-11(15)12(7-9)16-14(18)10-5-6-19-8-10/h3-8H,2H2,1H3,(H,16,18). The molecule has 0 aliphatic rings. The summed E-state index contributed by atoms with van der Waals surface area (Å²) < 4.78 is 0. The number of carbonyl (C=O) groups excluding carboxylic acids is 2. The second-order valence-electron chi connectivity index (χ2n) is 3.94. The third kappa shape index (κ3) is 3.22. The fraction of sp³-hybridized carbons (Fsp3) is 0.143. The number of thiophene rings is 1. The Balaban J connectivity index is 2.24. The van der Waals surface area contributed by atoms with Crippen LogP contribution < -0.4 is 5.32 Å². The molecular formula is C14H12ClNO2S. The first-order valence-electron chi connectivity index (χ1n) is 5.78. The maximum atomic E-state index is 11.9. The summed E-state index contributed by atoms with van der Waals surface area (Å²) in [6.07, 6.45) is 0.416. The fourth-order valence-electron chi connectivity index (χ4n) is 1.59. The first-order chi connectivity index (χ1) is 9.11. The number of hydrogen-bond acceptors (Lipinski definition) is 3. The first kappa shape index (κ1) is 13.8. The topological polar surface area (TPSA) is 46.2 Å². The quantitative estimate of drug-likeness (QED) is 0.857. The van der Waals surface area contributed by atoms with Gasteiger partial charge in [0.1, 0.15) is 0 Å². The van der Waals surface area contributed by atoms with Gasteiger partial charge in [-0.3, -0.25) is 9.59 Å². The van der Waals surface area contributed by atoms with E-state index in [1.165, 1.54) is 11.3 Å². The molecule has 0 unspecified atom stereocenters. The third-order valence-corrected chi connectivity index (χ3v) is 3.65. The van der Waals surface area contributed by atoms with E-state index in [1.807, 2.05) is 5.38 Å². The normalized spacial score (nSPS) is 10.2. The van der Waals surface area contributed by atoms with Crippen LogP contribution >= 0.6 is 22.9 Å². The number of nitrogens with one attached hydrogen (secondary N) is 1. The largest absolute Gasteiger partial charge is 0.321 e. The van der Waals surface area contributed by atoms with E-state index in [1.54, 1.807) is 36.6 Å². The highest BCUT2D eigenvalue weighted by atomic mass is 35.5. The monoisotopic (exact) mass is 293 g/mol. The Kier molecular flexibility index (Phi) is 4.35. The van der Waals surface area contributed by atoms with Gasteiger partial charge >= 0.3 is 0 Å². The Morgan fingerprint density at radius 3 is 2.68 bits per heavy atom. The van der Waals surface area contributed by atoms with Gasteiger partial charge in [0, 0.05) is 17.4 Å². The van der Waals surface area contributed by atoms with Gasteiger partial charge in [-0.05, 0) is 29.6 Å². The maximum Gasteiger partial charge on any atom is 0.256 e. The number of hydrogen-bond donors (Lipinski definition) is 1. The van der Waals surface area contributed by atoms with Crippen LogP contribution in [0.25, 0.3) is 0 Å². The summed E-state index contributed by atoms with van der Waals surface area (Å²) in [7, 11) is 0. The lowest BCUT2D eigenvalue weighted by atomic mass is 10.1. The Hall–Kier alpha value is -1.65. The average molecular weight is 294 g/mol. The van der Waals surface area contributed by atoms with Crippen molar-refractivity contribution in [1.82, 2.24) is 0 Å². The molecule has 1 heterocycles. The van der Waals surface area contributed by atoms with E-state index in [2.05, 4.69) is 5.32 Å². The summed E-state index contributed by atoms with van der Waals surface area (Å²) in [5.41, 5.74) is 1.58. The highest BCUT2D eigenvalue weighted by Gasteiger charge is 2.11. The lowest BCUT2D eigenvalue weighted by Gasteiger charge is -2.08. The van der Waals surface area contributed by atoms with Crippen LogP contribution in [-0.4, -0.2) is 11.7 Å². The molecule has 0 saturated heterocycles. The van der Waals surface area contributed by atoms with Crippen LogP contribution in [0.1, 0.15) is 34.1 Å². The molecule has 2 aromatic rings. The zero-order chi connectivity index (χ0) is 13.8. The van der Waals surface area contributed by atoms with Crippen LogP contribution in [0.5, 0.6) is 0 Å². The van der Waals surface area contributed by atoms with Gasteiger partial charge in [-0.1, -0.05) is 18.5 Å². The second-order valence-corrected chi connectivity index (χ2v) is 5.12. The SMILES string of the molecule is CCC(=O)c1ccc(Cl)c(NC(=O)c2ccsc2)c1. The summed E-state index contributed by atoms with van der Waals surface area (Å²) in [5, 5.41) is 6.71. The maximum absolute atomic E-state index is 11.9. The Labute approximate surface area is 120 Å². The lowest BCUT2D eigenvalue weighted by molar-refractivity contribution is 0.0985. The zero-order valence-electron chi connectivity index (χ0n) is 10.3. The molecule has 98 valence electrons. The third-order valence-electron chi connectivity index (χ3n) is 2.64. The van der Waals surface area contributed by atoms with Gasteiger partial charge in [-0.2, -0.15) is 11.3 Å².